The van der Waals surface area contributed by atoms with E-state index in [0.29, 0.717) is 12.8 Å². The van der Waals surface area contributed by atoms with Crippen LogP contribution in [0.25, 0.3) is 22.3 Å². The molecule has 0 nitrogen and oxygen atoms in total. The lowest BCUT2D eigenvalue weighted by atomic mass is 9.73. The molecule has 4 aromatic carbocycles. The van der Waals surface area contributed by atoms with Gasteiger partial charge in [-0.1, -0.05) is 88.0 Å². The van der Waals surface area contributed by atoms with Gasteiger partial charge in [-0.15, -0.1) is 24.7 Å². The molecular formula is C32H20Br4. The molecule has 0 aliphatic heterocycles. The van der Waals surface area contributed by atoms with Gasteiger partial charge in [0.1, 0.15) is 0 Å². The fourth-order valence-corrected chi connectivity index (χ4v) is 6.92. The third-order valence-electron chi connectivity index (χ3n) is 6.90. The summed E-state index contributed by atoms with van der Waals surface area (Å²) in [6.07, 6.45) is 13.6. The molecular weight excluding hydrogens is 704 g/mol. The standard InChI is InChI=1S/C19H12Br2.C13H8Br2/c1-3-9-19(10-4-2)17-11-13(20)5-7-15(17)16-8-6-14(21)12-18(16)19;14-10-1-3-12-8(6-10)5-9-7-11(15)2-4-13(9)12/h1-2,5-8,11-12H,9-10H2;1-4,6-7H,5H2. The summed E-state index contributed by atoms with van der Waals surface area (Å²) < 4.78 is 4.42. The Labute approximate surface area is 246 Å². The van der Waals surface area contributed by atoms with Crippen molar-refractivity contribution >= 4 is 63.7 Å². The van der Waals surface area contributed by atoms with Crippen LogP contribution >= 0.6 is 63.7 Å². The molecule has 0 radical (unpaired) electrons. The zero-order valence-electron chi connectivity index (χ0n) is 19.2. The summed E-state index contributed by atoms with van der Waals surface area (Å²) in [5, 5.41) is 0. The second-order valence-electron chi connectivity index (χ2n) is 9.00. The average Bonchev–Trinajstić information content (AvgIpc) is 3.32. The van der Waals surface area contributed by atoms with Crippen LogP contribution < -0.4 is 0 Å². The lowest BCUT2D eigenvalue weighted by Crippen LogP contribution is -2.24. The van der Waals surface area contributed by atoms with E-state index in [0.717, 1.165) is 24.3 Å². The van der Waals surface area contributed by atoms with E-state index < -0.39 is 0 Å². The van der Waals surface area contributed by atoms with Gasteiger partial charge in [-0.2, -0.15) is 0 Å². The minimum atomic E-state index is -0.290. The van der Waals surface area contributed by atoms with Crippen molar-refractivity contribution in [2.75, 3.05) is 0 Å². The molecule has 6 rings (SSSR count). The number of hydrogen-bond acceptors (Lipinski definition) is 0. The molecule has 0 unspecified atom stereocenters. The summed E-state index contributed by atoms with van der Waals surface area (Å²) in [6, 6.07) is 25.7. The summed E-state index contributed by atoms with van der Waals surface area (Å²) in [4.78, 5) is 0. The Morgan fingerprint density at radius 1 is 0.556 bits per heavy atom. The Hall–Kier alpha value is -2.08. The van der Waals surface area contributed by atoms with Crippen LogP contribution in [0, 0.1) is 24.7 Å². The van der Waals surface area contributed by atoms with E-state index in [-0.39, 0.29) is 5.41 Å². The first-order chi connectivity index (χ1) is 17.4. The molecule has 0 heterocycles. The summed E-state index contributed by atoms with van der Waals surface area (Å²) in [5.41, 5.74) is 10.2. The first-order valence-corrected chi connectivity index (χ1v) is 14.6. The summed E-state index contributed by atoms with van der Waals surface area (Å²) >= 11 is 14.2. The quantitative estimate of drug-likeness (QED) is 0.159. The number of rotatable bonds is 2. The first-order valence-electron chi connectivity index (χ1n) is 11.4. The van der Waals surface area contributed by atoms with Crippen molar-refractivity contribution in [3.8, 4) is 46.9 Å². The minimum Gasteiger partial charge on any atom is -0.120 e. The third-order valence-corrected chi connectivity index (χ3v) is 8.87. The van der Waals surface area contributed by atoms with E-state index >= 15 is 0 Å². The molecule has 0 N–H and O–H groups in total. The first kappa shape index (κ1) is 25.6. The average molecular weight is 724 g/mol. The van der Waals surface area contributed by atoms with Gasteiger partial charge in [0, 0.05) is 36.1 Å². The van der Waals surface area contributed by atoms with E-state index in [1.165, 1.54) is 44.5 Å². The smallest absolute Gasteiger partial charge is 0.0433 e. The van der Waals surface area contributed by atoms with Crippen molar-refractivity contribution in [2.45, 2.75) is 24.7 Å². The maximum atomic E-state index is 5.67. The Kier molecular flexibility index (Phi) is 7.35. The molecule has 0 aromatic heterocycles. The third kappa shape index (κ3) is 4.55. The van der Waals surface area contributed by atoms with Crippen LogP contribution in [-0.4, -0.2) is 0 Å². The summed E-state index contributed by atoms with van der Waals surface area (Å²) in [7, 11) is 0. The van der Waals surface area contributed by atoms with E-state index in [1.54, 1.807) is 0 Å². The fraction of sp³-hybridized carbons (Fsp3) is 0.125. The normalized spacial score (nSPS) is 13.3. The maximum absolute atomic E-state index is 5.67. The van der Waals surface area contributed by atoms with Gasteiger partial charge in [-0.3, -0.25) is 0 Å². The number of terminal acetylenes is 2. The van der Waals surface area contributed by atoms with E-state index in [4.69, 9.17) is 12.8 Å². The Balaban J connectivity index is 0.000000156. The summed E-state index contributed by atoms with van der Waals surface area (Å²) in [5.74, 6) is 5.66. The summed E-state index contributed by atoms with van der Waals surface area (Å²) in [6.45, 7) is 0. The predicted molar refractivity (Wildman–Crippen MR) is 165 cm³/mol. The topological polar surface area (TPSA) is 0 Å². The molecule has 2 aliphatic rings. The number of fused-ring (bicyclic) bond motifs is 6. The molecule has 176 valence electrons. The van der Waals surface area contributed by atoms with Gasteiger partial charge >= 0.3 is 0 Å². The van der Waals surface area contributed by atoms with Crippen molar-refractivity contribution in [1.29, 1.82) is 0 Å². The van der Waals surface area contributed by atoms with Crippen LogP contribution in [0.2, 0.25) is 0 Å². The van der Waals surface area contributed by atoms with Crippen LogP contribution in [0.5, 0.6) is 0 Å². The Morgan fingerprint density at radius 2 is 0.917 bits per heavy atom. The lowest BCUT2D eigenvalue weighted by molar-refractivity contribution is 0.559. The van der Waals surface area contributed by atoms with E-state index in [1.807, 2.05) is 0 Å². The highest BCUT2D eigenvalue weighted by Gasteiger charge is 2.42. The molecule has 0 saturated heterocycles. The highest BCUT2D eigenvalue weighted by molar-refractivity contribution is 9.11. The van der Waals surface area contributed by atoms with Crippen LogP contribution in [-0.2, 0) is 11.8 Å². The molecule has 2 aliphatic carbocycles. The zero-order chi connectivity index (χ0) is 25.4. The molecule has 4 aromatic rings. The monoisotopic (exact) mass is 720 g/mol. The largest absolute Gasteiger partial charge is 0.120 e. The van der Waals surface area contributed by atoms with Crippen molar-refractivity contribution in [3.63, 3.8) is 0 Å². The molecule has 0 bridgehead atoms. The maximum Gasteiger partial charge on any atom is 0.0433 e. The van der Waals surface area contributed by atoms with Crippen molar-refractivity contribution in [3.05, 3.63) is 113 Å². The highest BCUT2D eigenvalue weighted by Crippen LogP contribution is 2.53. The van der Waals surface area contributed by atoms with E-state index in [2.05, 4.69) is 148 Å². The second-order valence-corrected chi connectivity index (χ2v) is 12.7. The number of benzene rings is 4. The van der Waals surface area contributed by atoms with Gasteiger partial charge in [0.2, 0.25) is 0 Å². The molecule has 0 atom stereocenters. The molecule has 0 saturated carbocycles. The number of halogens is 4. The van der Waals surface area contributed by atoms with Crippen molar-refractivity contribution < 1.29 is 0 Å². The predicted octanol–water partition coefficient (Wildman–Crippen LogP) is 10.3. The SMILES string of the molecule is Brc1ccc2c(c1)Cc1cc(Br)ccc1-2.C#CCC1(CC#C)c2cc(Br)ccc2-c2ccc(Br)cc21. The zero-order valence-corrected chi connectivity index (χ0v) is 25.6. The molecule has 0 amide bonds. The molecule has 4 heteroatoms. The van der Waals surface area contributed by atoms with Crippen LogP contribution in [0.15, 0.2) is 90.7 Å². The van der Waals surface area contributed by atoms with Gasteiger partial charge in [-0.05, 0) is 99.5 Å². The lowest BCUT2D eigenvalue weighted by Gasteiger charge is -2.28. The van der Waals surface area contributed by atoms with Crippen LogP contribution in [0.3, 0.4) is 0 Å². The van der Waals surface area contributed by atoms with Crippen LogP contribution in [0.1, 0.15) is 35.1 Å². The fourth-order valence-electron chi connectivity index (χ4n) is 5.38. The molecule has 0 spiro atoms. The molecule has 36 heavy (non-hydrogen) atoms. The van der Waals surface area contributed by atoms with Gasteiger partial charge in [-0.25, -0.2) is 0 Å². The van der Waals surface area contributed by atoms with Gasteiger partial charge in [0.05, 0.1) is 0 Å². The van der Waals surface area contributed by atoms with Gasteiger partial charge in [0.25, 0.3) is 0 Å². The Morgan fingerprint density at radius 3 is 1.31 bits per heavy atom. The number of hydrogen-bond donors (Lipinski definition) is 0. The van der Waals surface area contributed by atoms with Gasteiger partial charge < -0.3 is 0 Å². The second kappa shape index (κ2) is 10.4. The van der Waals surface area contributed by atoms with E-state index in [9.17, 15) is 0 Å². The molecule has 0 fully saturated rings. The van der Waals surface area contributed by atoms with Gasteiger partial charge in [0.15, 0.2) is 0 Å². The minimum absolute atomic E-state index is 0.290. The van der Waals surface area contributed by atoms with Crippen molar-refractivity contribution in [1.82, 2.24) is 0 Å². The van der Waals surface area contributed by atoms with Crippen LogP contribution in [0.4, 0.5) is 0 Å². The highest BCUT2D eigenvalue weighted by atomic mass is 79.9. The Bertz CT molecular complexity index is 1460. The van der Waals surface area contributed by atoms with Crippen molar-refractivity contribution in [2.24, 2.45) is 0 Å².